The molecule has 0 amide bonds. The lowest BCUT2D eigenvalue weighted by molar-refractivity contribution is 0.223. The molecule has 4 heteroatoms. The summed E-state index contributed by atoms with van der Waals surface area (Å²) in [5.74, 6) is 1.17. The first-order valence-electron chi connectivity index (χ1n) is 6.86. The van der Waals surface area contributed by atoms with Gasteiger partial charge >= 0.3 is 0 Å². The molecule has 19 heavy (non-hydrogen) atoms. The molecule has 0 radical (unpaired) electrons. The third-order valence-electron chi connectivity index (χ3n) is 3.94. The monoisotopic (exact) mass is 297 g/mol. The van der Waals surface area contributed by atoms with E-state index in [4.69, 9.17) is 0 Å². The third-order valence-corrected chi connectivity index (χ3v) is 5.89. The van der Waals surface area contributed by atoms with Crippen molar-refractivity contribution in [1.29, 1.82) is 0 Å². The lowest BCUT2D eigenvalue weighted by Gasteiger charge is -2.34. The summed E-state index contributed by atoms with van der Waals surface area (Å²) in [4.78, 5) is 2.20. The van der Waals surface area contributed by atoms with Crippen LogP contribution < -0.4 is 5.32 Å². The summed E-state index contributed by atoms with van der Waals surface area (Å²) < 4.78 is 11.3. The second-order valence-corrected chi connectivity index (χ2v) is 8.13. The first kappa shape index (κ1) is 15.1. The minimum atomic E-state index is -0.870. The Labute approximate surface area is 123 Å². The highest BCUT2D eigenvalue weighted by Gasteiger charge is 2.25. The van der Waals surface area contributed by atoms with Crippen LogP contribution in [-0.4, -0.2) is 29.3 Å². The summed E-state index contributed by atoms with van der Waals surface area (Å²) in [7, 11) is -0.870. The van der Waals surface area contributed by atoms with E-state index >= 15 is 0 Å². The summed E-state index contributed by atoms with van der Waals surface area (Å²) >= 11 is 1.91. The quantitative estimate of drug-likeness (QED) is 0.846. The molecule has 0 bridgehead atoms. The molecule has 1 unspecified atom stereocenters. The Morgan fingerprint density at radius 2 is 1.89 bits per heavy atom. The van der Waals surface area contributed by atoms with Crippen molar-refractivity contribution in [1.82, 2.24) is 5.32 Å². The lowest BCUT2D eigenvalue weighted by atomic mass is 9.79. The van der Waals surface area contributed by atoms with Crippen LogP contribution in [0.3, 0.4) is 0 Å². The van der Waals surface area contributed by atoms with E-state index in [1.165, 1.54) is 29.9 Å². The van der Waals surface area contributed by atoms with E-state index in [1.54, 1.807) is 6.26 Å². The molecule has 1 fully saturated rings. The Bertz CT molecular complexity index is 424. The zero-order valence-electron chi connectivity index (χ0n) is 11.8. The number of hydrogen-bond acceptors (Lipinski definition) is 3. The zero-order valence-corrected chi connectivity index (χ0v) is 13.4. The van der Waals surface area contributed by atoms with Gasteiger partial charge < -0.3 is 5.32 Å². The first-order chi connectivity index (χ1) is 9.09. The molecule has 1 N–H and O–H groups in total. The first-order valence-corrected chi connectivity index (χ1v) is 9.40. The summed E-state index contributed by atoms with van der Waals surface area (Å²) in [5.41, 5.74) is 0.517. The summed E-state index contributed by atoms with van der Waals surface area (Å²) in [6, 6.07) is 8.13. The van der Waals surface area contributed by atoms with Crippen molar-refractivity contribution in [2.75, 3.05) is 25.1 Å². The van der Waals surface area contributed by atoms with Crippen LogP contribution >= 0.6 is 11.8 Å². The average molecular weight is 297 g/mol. The van der Waals surface area contributed by atoms with Crippen LogP contribution in [0.25, 0.3) is 0 Å². The van der Waals surface area contributed by atoms with Crippen LogP contribution in [0.1, 0.15) is 26.2 Å². The minimum absolute atomic E-state index is 0.517. The Hall–Kier alpha value is -0.320. The van der Waals surface area contributed by atoms with Gasteiger partial charge in [-0.2, -0.15) is 0 Å². The van der Waals surface area contributed by atoms with Gasteiger partial charge in [0.2, 0.25) is 0 Å². The van der Waals surface area contributed by atoms with Crippen molar-refractivity contribution in [3.05, 3.63) is 24.3 Å². The molecule has 106 valence electrons. The van der Waals surface area contributed by atoms with Gasteiger partial charge in [0.15, 0.2) is 0 Å². The molecule has 2 rings (SSSR count). The number of rotatable bonds is 5. The molecule has 1 aromatic rings. The fourth-order valence-corrected chi connectivity index (χ4v) is 4.10. The van der Waals surface area contributed by atoms with E-state index in [2.05, 4.69) is 24.4 Å². The normalized spacial score (nSPS) is 20.1. The highest BCUT2D eigenvalue weighted by atomic mass is 32.2. The molecule has 1 aliphatic rings. The van der Waals surface area contributed by atoms with E-state index in [1.807, 2.05) is 23.9 Å². The standard InChI is InChI=1S/C15H23NOS2/c1-15(7-10-16-11-8-15)9-12-18-13-3-5-14(6-4-13)19(2)17/h3-6,16H,7-12H2,1-2H3. The van der Waals surface area contributed by atoms with Crippen molar-refractivity contribution in [3.63, 3.8) is 0 Å². The van der Waals surface area contributed by atoms with E-state index in [0.717, 1.165) is 18.0 Å². The molecule has 1 heterocycles. The van der Waals surface area contributed by atoms with Gasteiger partial charge in [-0.3, -0.25) is 4.21 Å². The Morgan fingerprint density at radius 1 is 1.26 bits per heavy atom. The smallest absolute Gasteiger partial charge is 0.0498 e. The summed E-state index contributed by atoms with van der Waals surface area (Å²) in [5, 5.41) is 3.43. The SMILES string of the molecule is CS(=O)c1ccc(SCCC2(C)CCNCC2)cc1. The molecule has 2 nitrogen and oxygen atoms in total. The maximum absolute atomic E-state index is 11.3. The molecule has 1 aliphatic heterocycles. The third kappa shape index (κ3) is 4.62. The fourth-order valence-electron chi connectivity index (χ4n) is 2.42. The molecule has 0 aromatic heterocycles. The molecule has 1 atom stereocenters. The van der Waals surface area contributed by atoms with Crippen LogP contribution in [0.4, 0.5) is 0 Å². The van der Waals surface area contributed by atoms with Gasteiger partial charge in [0.1, 0.15) is 0 Å². The number of hydrogen-bond donors (Lipinski definition) is 1. The Balaban J connectivity index is 1.80. The molecular formula is C15H23NOS2. The van der Waals surface area contributed by atoms with Gasteiger partial charge in [0.25, 0.3) is 0 Å². The number of benzene rings is 1. The van der Waals surface area contributed by atoms with Crippen LogP contribution in [0, 0.1) is 5.41 Å². The van der Waals surface area contributed by atoms with E-state index in [0.29, 0.717) is 5.41 Å². The van der Waals surface area contributed by atoms with Gasteiger partial charge in [-0.05, 0) is 67.8 Å². The zero-order chi connectivity index (χ0) is 13.7. The second kappa shape index (κ2) is 6.91. The van der Waals surface area contributed by atoms with Crippen molar-refractivity contribution in [3.8, 4) is 0 Å². The fraction of sp³-hybridized carbons (Fsp3) is 0.600. The van der Waals surface area contributed by atoms with E-state index in [-0.39, 0.29) is 0 Å². The minimum Gasteiger partial charge on any atom is -0.317 e. The number of piperidine rings is 1. The van der Waals surface area contributed by atoms with Crippen molar-refractivity contribution in [2.45, 2.75) is 36.0 Å². The van der Waals surface area contributed by atoms with Gasteiger partial charge in [-0.1, -0.05) is 6.92 Å². The highest BCUT2D eigenvalue weighted by molar-refractivity contribution is 7.99. The van der Waals surface area contributed by atoms with Crippen LogP contribution in [0.2, 0.25) is 0 Å². The molecule has 0 saturated carbocycles. The molecular weight excluding hydrogens is 274 g/mol. The maximum atomic E-state index is 11.3. The van der Waals surface area contributed by atoms with Crippen LogP contribution in [-0.2, 0) is 10.8 Å². The highest BCUT2D eigenvalue weighted by Crippen LogP contribution is 2.34. The van der Waals surface area contributed by atoms with Crippen molar-refractivity contribution < 1.29 is 4.21 Å². The van der Waals surface area contributed by atoms with Crippen molar-refractivity contribution in [2.24, 2.45) is 5.41 Å². The number of thioether (sulfide) groups is 1. The second-order valence-electron chi connectivity index (χ2n) is 5.58. The van der Waals surface area contributed by atoms with Crippen LogP contribution in [0.5, 0.6) is 0 Å². The predicted molar refractivity (Wildman–Crippen MR) is 84.3 cm³/mol. The van der Waals surface area contributed by atoms with E-state index in [9.17, 15) is 4.21 Å². The van der Waals surface area contributed by atoms with E-state index < -0.39 is 10.8 Å². The van der Waals surface area contributed by atoms with Gasteiger partial charge in [0.05, 0.1) is 0 Å². The molecule has 1 saturated heterocycles. The molecule has 0 aliphatic carbocycles. The Morgan fingerprint density at radius 3 is 2.47 bits per heavy atom. The Kier molecular flexibility index (Phi) is 5.48. The largest absolute Gasteiger partial charge is 0.317 e. The van der Waals surface area contributed by atoms with Gasteiger partial charge in [-0.25, -0.2) is 0 Å². The number of nitrogens with one attached hydrogen (secondary N) is 1. The van der Waals surface area contributed by atoms with Gasteiger partial charge in [0, 0.05) is 26.8 Å². The summed E-state index contributed by atoms with van der Waals surface area (Å²) in [6.07, 6.45) is 5.59. The lowest BCUT2D eigenvalue weighted by Crippen LogP contribution is -2.35. The summed E-state index contributed by atoms with van der Waals surface area (Å²) in [6.45, 7) is 4.74. The molecule has 0 spiro atoms. The predicted octanol–water partition coefficient (Wildman–Crippen LogP) is 3.30. The topological polar surface area (TPSA) is 29.1 Å². The van der Waals surface area contributed by atoms with Gasteiger partial charge in [-0.15, -0.1) is 11.8 Å². The maximum Gasteiger partial charge on any atom is 0.0498 e. The molecule has 1 aromatic carbocycles. The average Bonchev–Trinajstić information content (AvgIpc) is 2.40. The van der Waals surface area contributed by atoms with Crippen LogP contribution in [0.15, 0.2) is 34.1 Å². The van der Waals surface area contributed by atoms with Crippen molar-refractivity contribution >= 4 is 22.6 Å².